The third-order valence-corrected chi connectivity index (χ3v) is 0.458. The molecule has 40 valence electrons. The molecule has 0 aliphatic heterocycles. The number of hydroxylamine groups is 2. The van der Waals surface area contributed by atoms with Crippen LogP contribution in [-0.4, -0.2) is 29.3 Å². The molecule has 0 atom stereocenters. The van der Waals surface area contributed by atoms with Crippen molar-refractivity contribution in [3.05, 3.63) is 0 Å². The van der Waals surface area contributed by atoms with Crippen molar-refractivity contribution in [2.75, 3.05) is 13.6 Å². The van der Waals surface area contributed by atoms with Gasteiger partial charge in [0.1, 0.15) is 0 Å². The molecular formula is C3H11NO2. The Hall–Kier alpha value is -0.120. The van der Waals surface area contributed by atoms with Crippen LogP contribution < -0.4 is 0 Å². The van der Waals surface area contributed by atoms with Gasteiger partial charge in [0.2, 0.25) is 0 Å². The van der Waals surface area contributed by atoms with Crippen LogP contribution in [0.5, 0.6) is 0 Å². The van der Waals surface area contributed by atoms with Crippen molar-refractivity contribution < 1.29 is 10.7 Å². The molecule has 0 saturated carbocycles. The van der Waals surface area contributed by atoms with Gasteiger partial charge in [-0.3, -0.25) is 0 Å². The second kappa shape index (κ2) is 4.88. The van der Waals surface area contributed by atoms with Gasteiger partial charge in [-0.15, -0.1) is 0 Å². The topological polar surface area (TPSA) is 55.0 Å². The quantitative estimate of drug-likeness (QED) is 0.444. The highest BCUT2D eigenvalue weighted by Gasteiger charge is 1.74. The first kappa shape index (κ1) is 9.30. The molecule has 0 fully saturated rings. The molecule has 0 heterocycles. The zero-order valence-corrected chi connectivity index (χ0v) is 4.10. The monoisotopic (exact) mass is 93.1 g/mol. The second-order valence-electron chi connectivity index (χ2n) is 0.974. The van der Waals surface area contributed by atoms with Crippen LogP contribution in [0.1, 0.15) is 6.92 Å². The maximum atomic E-state index is 8.19. The molecule has 0 saturated heterocycles. The zero-order valence-electron chi connectivity index (χ0n) is 4.10. The van der Waals surface area contributed by atoms with E-state index in [2.05, 4.69) is 0 Å². The van der Waals surface area contributed by atoms with Gasteiger partial charge in [-0.05, 0) is 0 Å². The maximum Gasteiger partial charge on any atom is 0.0206 e. The first-order chi connectivity index (χ1) is 2.27. The van der Waals surface area contributed by atoms with E-state index in [0.29, 0.717) is 6.54 Å². The minimum atomic E-state index is 0. The fourth-order valence-corrected chi connectivity index (χ4v) is 0. The normalized spacial score (nSPS) is 8.00. The Kier molecular flexibility index (Phi) is 7.57. The van der Waals surface area contributed by atoms with Crippen molar-refractivity contribution in [3.63, 3.8) is 0 Å². The summed E-state index contributed by atoms with van der Waals surface area (Å²) in [7, 11) is 1.61. The molecule has 0 radical (unpaired) electrons. The number of nitrogens with zero attached hydrogens (tertiary/aromatic N) is 1. The molecule has 6 heavy (non-hydrogen) atoms. The molecule has 0 bridgehead atoms. The molecule has 3 nitrogen and oxygen atoms in total. The first-order valence-corrected chi connectivity index (χ1v) is 1.67. The van der Waals surface area contributed by atoms with E-state index < -0.39 is 0 Å². The number of rotatable bonds is 1. The van der Waals surface area contributed by atoms with Crippen molar-refractivity contribution in [1.82, 2.24) is 5.06 Å². The predicted molar refractivity (Wildman–Crippen MR) is 23.7 cm³/mol. The lowest BCUT2D eigenvalue weighted by atomic mass is 10.8. The Morgan fingerprint density at radius 1 is 1.67 bits per heavy atom. The Morgan fingerprint density at radius 3 is 1.83 bits per heavy atom. The fraction of sp³-hybridized carbons (Fsp3) is 1.00. The largest absolute Gasteiger partial charge is 0.412 e. The SMILES string of the molecule is CCN(C)O.O. The van der Waals surface area contributed by atoms with Crippen molar-refractivity contribution >= 4 is 0 Å². The van der Waals surface area contributed by atoms with Gasteiger partial charge in [0.15, 0.2) is 0 Å². The van der Waals surface area contributed by atoms with E-state index in [9.17, 15) is 0 Å². The molecule has 0 spiro atoms. The fourth-order valence-electron chi connectivity index (χ4n) is 0. The van der Waals surface area contributed by atoms with Crippen molar-refractivity contribution in [3.8, 4) is 0 Å². The molecule has 0 amide bonds. The summed E-state index contributed by atoms with van der Waals surface area (Å²) in [6, 6.07) is 0. The average molecular weight is 93.1 g/mol. The highest BCUT2D eigenvalue weighted by molar-refractivity contribution is 4.14. The average Bonchev–Trinajstić information content (AvgIpc) is 1.38. The number of hydrogen-bond acceptors (Lipinski definition) is 2. The summed E-state index contributed by atoms with van der Waals surface area (Å²) in [5, 5.41) is 9.32. The van der Waals surface area contributed by atoms with Crippen LogP contribution in [0.2, 0.25) is 0 Å². The third-order valence-electron chi connectivity index (χ3n) is 0.458. The Bertz CT molecular complexity index is 22.8. The van der Waals surface area contributed by atoms with Crippen LogP contribution in [0, 0.1) is 0 Å². The van der Waals surface area contributed by atoms with Gasteiger partial charge in [0.05, 0.1) is 0 Å². The Balaban J connectivity index is 0. The van der Waals surface area contributed by atoms with Gasteiger partial charge in [-0.25, -0.2) is 0 Å². The van der Waals surface area contributed by atoms with Crippen molar-refractivity contribution in [2.24, 2.45) is 0 Å². The molecule has 3 N–H and O–H groups in total. The minimum absolute atomic E-state index is 0. The highest BCUT2D eigenvalue weighted by atomic mass is 16.5. The van der Waals surface area contributed by atoms with Gasteiger partial charge in [0, 0.05) is 13.6 Å². The third kappa shape index (κ3) is 9.11. The van der Waals surface area contributed by atoms with Crippen molar-refractivity contribution in [1.29, 1.82) is 0 Å². The second-order valence-corrected chi connectivity index (χ2v) is 0.974. The molecule has 0 aliphatic rings. The van der Waals surface area contributed by atoms with E-state index >= 15 is 0 Å². The van der Waals surface area contributed by atoms with Crippen LogP contribution in [0.4, 0.5) is 0 Å². The van der Waals surface area contributed by atoms with Crippen LogP contribution in [0.3, 0.4) is 0 Å². The van der Waals surface area contributed by atoms with Gasteiger partial charge in [0.25, 0.3) is 0 Å². The van der Waals surface area contributed by atoms with Gasteiger partial charge >= 0.3 is 0 Å². The molecular weight excluding hydrogens is 82.0 g/mol. The Labute approximate surface area is 37.5 Å². The molecule has 0 aliphatic carbocycles. The minimum Gasteiger partial charge on any atom is -0.412 e. The van der Waals surface area contributed by atoms with Crippen LogP contribution in [-0.2, 0) is 0 Å². The Morgan fingerprint density at radius 2 is 1.83 bits per heavy atom. The van der Waals surface area contributed by atoms with Crippen molar-refractivity contribution in [2.45, 2.75) is 6.92 Å². The summed E-state index contributed by atoms with van der Waals surface area (Å²) in [6.45, 7) is 2.57. The lowest BCUT2D eigenvalue weighted by Crippen LogP contribution is -2.09. The summed E-state index contributed by atoms with van der Waals surface area (Å²) >= 11 is 0. The van der Waals surface area contributed by atoms with Crippen LogP contribution in [0.25, 0.3) is 0 Å². The molecule has 3 heteroatoms. The predicted octanol–water partition coefficient (Wildman–Crippen LogP) is -0.497. The van der Waals surface area contributed by atoms with E-state index in [4.69, 9.17) is 5.21 Å². The molecule has 0 rings (SSSR count). The van der Waals surface area contributed by atoms with E-state index in [1.165, 1.54) is 0 Å². The van der Waals surface area contributed by atoms with Gasteiger partial charge < -0.3 is 10.7 Å². The summed E-state index contributed by atoms with van der Waals surface area (Å²) in [6.07, 6.45) is 0. The zero-order chi connectivity index (χ0) is 4.28. The lowest BCUT2D eigenvalue weighted by Gasteiger charge is -1.98. The highest BCUT2D eigenvalue weighted by Crippen LogP contribution is 1.62. The van der Waals surface area contributed by atoms with E-state index in [1.54, 1.807) is 7.05 Å². The summed E-state index contributed by atoms with van der Waals surface area (Å²) in [4.78, 5) is 0. The van der Waals surface area contributed by atoms with Crippen LogP contribution in [0.15, 0.2) is 0 Å². The molecule has 0 aromatic carbocycles. The van der Waals surface area contributed by atoms with Gasteiger partial charge in [-0.1, -0.05) is 6.92 Å². The summed E-state index contributed by atoms with van der Waals surface area (Å²) < 4.78 is 0. The van der Waals surface area contributed by atoms with E-state index in [0.717, 1.165) is 5.06 Å². The molecule has 0 aromatic heterocycles. The maximum absolute atomic E-state index is 8.19. The molecule has 0 aromatic rings. The number of hydrogen-bond donors (Lipinski definition) is 1. The first-order valence-electron chi connectivity index (χ1n) is 1.67. The smallest absolute Gasteiger partial charge is 0.0206 e. The standard InChI is InChI=1S/C3H9NO.H2O/c1-3-4(2)5;/h5H,3H2,1-2H3;1H2. The molecule has 0 unspecified atom stereocenters. The van der Waals surface area contributed by atoms with E-state index in [-0.39, 0.29) is 5.48 Å². The summed E-state index contributed by atoms with van der Waals surface area (Å²) in [5.74, 6) is 0. The lowest BCUT2D eigenvalue weighted by molar-refractivity contribution is -0.0596. The summed E-state index contributed by atoms with van der Waals surface area (Å²) in [5.41, 5.74) is 0. The van der Waals surface area contributed by atoms with Gasteiger partial charge in [-0.2, -0.15) is 5.06 Å². The van der Waals surface area contributed by atoms with E-state index in [1.807, 2.05) is 6.92 Å². The van der Waals surface area contributed by atoms with Crippen LogP contribution >= 0.6 is 0 Å².